The first kappa shape index (κ1) is 14.2. The van der Waals surface area contributed by atoms with Gasteiger partial charge in [-0.15, -0.1) is 0 Å². The summed E-state index contributed by atoms with van der Waals surface area (Å²) in [6.07, 6.45) is 0.325. The van der Waals surface area contributed by atoms with Gasteiger partial charge in [-0.3, -0.25) is 4.79 Å². The van der Waals surface area contributed by atoms with Crippen molar-refractivity contribution < 1.29 is 9.18 Å². The molecule has 0 aliphatic carbocycles. The van der Waals surface area contributed by atoms with Crippen LogP contribution in [0.4, 0.5) is 4.39 Å². The van der Waals surface area contributed by atoms with Crippen LogP contribution in [-0.4, -0.2) is 5.91 Å². The van der Waals surface area contributed by atoms with Crippen molar-refractivity contribution in [1.29, 1.82) is 0 Å². The van der Waals surface area contributed by atoms with Crippen LogP contribution in [0.25, 0.3) is 0 Å². The molecule has 0 unspecified atom stereocenters. The lowest BCUT2D eigenvalue weighted by molar-refractivity contribution is -0.120. The van der Waals surface area contributed by atoms with Crippen LogP contribution in [0, 0.1) is 5.82 Å². The minimum atomic E-state index is -0.278. The molecule has 2 aromatic carbocycles. The third-order valence-corrected chi connectivity index (χ3v) is 3.03. The van der Waals surface area contributed by atoms with E-state index in [-0.39, 0.29) is 11.7 Å². The van der Waals surface area contributed by atoms with E-state index in [0.717, 1.165) is 16.7 Å². The first-order chi connectivity index (χ1) is 9.67. The maximum Gasteiger partial charge on any atom is 0.224 e. The van der Waals surface area contributed by atoms with Crippen LogP contribution < -0.4 is 11.1 Å². The number of rotatable bonds is 5. The fourth-order valence-electron chi connectivity index (χ4n) is 1.84. The van der Waals surface area contributed by atoms with E-state index in [1.165, 1.54) is 12.1 Å². The molecular weight excluding hydrogens is 255 g/mol. The van der Waals surface area contributed by atoms with Crippen molar-refractivity contribution in [3.63, 3.8) is 0 Å². The van der Waals surface area contributed by atoms with E-state index < -0.39 is 0 Å². The highest BCUT2D eigenvalue weighted by Crippen LogP contribution is 2.05. The second-order valence-electron chi connectivity index (χ2n) is 4.60. The Hall–Kier alpha value is -2.20. The number of carbonyl (C=O) groups excluding carboxylic acids is 1. The molecule has 4 heteroatoms. The molecule has 1 amide bonds. The van der Waals surface area contributed by atoms with Gasteiger partial charge >= 0.3 is 0 Å². The molecule has 0 fully saturated rings. The summed E-state index contributed by atoms with van der Waals surface area (Å²) in [4.78, 5) is 11.8. The van der Waals surface area contributed by atoms with Crippen molar-refractivity contribution in [2.75, 3.05) is 0 Å². The summed E-state index contributed by atoms with van der Waals surface area (Å²) in [5.41, 5.74) is 8.38. The van der Waals surface area contributed by atoms with Crippen molar-refractivity contribution in [3.05, 3.63) is 71.0 Å². The van der Waals surface area contributed by atoms with Crippen LogP contribution >= 0.6 is 0 Å². The molecule has 0 aromatic heterocycles. The lowest BCUT2D eigenvalue weighted by Gasteiger charge is -2.06. The molecular formula is C16H17FN2O. The normalized spacial score (nSPS) is 10.3. The Morgan fingerprint density at radius 1 is 0.950 bits per heavy atom. The minimum absolute atomic E-state index is 0.0603. The molecule has 20 heavy (non-hydrogen) atoms. The third kappa shape index (κ3) is 4.17. The maximum atomic E-state index is 12.7. The molecule has 0 aliphatic heterocycles. The Labute approximate surface area is 117 Å². The lowest BCUT2D eigenvalue weighted by atomic mass is 10.1. The number of carbonyl (C=O) groups is 1. The van der Waals surface area contributed by atoms with Gasteiger partial charge in [0.2, 0.25) is 5.91 Å². The van der Waals surface area contributed by atoms with Gasteiger partial charge in [-0.05, 0) is 28.8 Å². The van der Waals surface area contributed by atoms with Crippen LogP contribution in [0.3, 0.4) is 0 Å². The zero-order valence-corrected chi connectivity index (χ0v) is 11.1. The molecule has 0 aliphatic rings. The summed E-state index contributed by atoms with van der Waals surface area (Å²) in [7, 11) is 0. The molecule has 3 N–H and O–H groups in total. The maximum absolute atomic E-state index is 12.7. The number of hydrogen-bond acceptors (Lipinski definition) is 2. The van der Waals surface area contributed by atoms with Gasteiger partial charge in [0.25, 0.3) is 0 Å². The van der Waals surface area contributed by atoms with Gasteiger partial charge in [0.1, 0.15) is 5.82 Å². The predicted octanol–water partition coefficient (Wildman–Crippen LogP) is 2.14. The molecule has 0 bridgehead atoms. The van der Waals surface area contributed by atoms with Crippen LogP contribution in [-0.2, 0) is 24.3 Å². The number of hydrogen-bond donors (Lipinski definition) is 2. The van der Waals surface area contributed by atoms with Crippen LogP contribution in [0.5, 0.6) is 0 Å². The predicted molar refractivity (Wildman–Crippen MR) is 76.3 cm³/mol. The Morgan fingerprint density at radius 3 is 2.10 bits per heavy atom. The number of halogens is 1. The lowest BCUT2D eigenvalue weighted by Crippen LogP contribution is -2.24. The summed E-state index contributed by atoms with van der Waals surface area (Å²) >= 11 is 0. The van der Waals surface area contributed by atoms with E-state index in [1.807, 2.05) is 24.3 Å². The molecule has 0 spiro atoms. The molecule has 2 rings (SSSR count). The molecule has 2 aromatic rings. The van der Waals surface area contributed by atoms with Crippen molar-refractivity contribution in [1.82, 2.24) is 5.32 Å². The quantitative estimate of drug-likeness (QED) is 0.876. The van der Waals surface area contributed by atoms with Crippen LogP contribution in [0.15, 0.2) is 48.5 Å². The highest BCUT2D eigenvalue weighted by atomic mass is 19.1. The van der Waals surface area contributed by atoms with Gasteiger partial charge in [-0.1, -0.05) is 36.4 Å². The van der Waals surface area contributed by atoms with Crippen LogP contribution in [0.2, 0.25) is 0 Å². The first-order valence-electron chi connectivity index (χ1n) is 6.46. The van der Waals surface area contributed by atoms with Crippen molar-refractivity contribution in [2.45, 2.75) is 19.5 Å². The highest BCUT2D eigenvalue weighted by molar-refractivity contribution is 5.78. The summed E-state index contributed by atoms with van der Waals surface area (Å²) in [5.74, 6) is -0.338. The van der Waals surface area contributed by atoms with E-state index in [4.69, 9.17) is 5.73 Å². The summed E-state index contributed by atoms with van der Waals surface area (Å²) in [5, 5.41) is 2.81. The average molecular weight is 272 g/mol. The Morgan fingerprint density at radius 2 is 1.50 bits per heavy atom. The Kier molecular flexibility index (Phi) is 4.85. The minimum Gasteiger partial charge on any atom is -0.352 e. The average Bonchev–Trinajstić information content (AvgIpc) is 2.47. The number of benzene rings is 2. The molecule has 0 saturated carbocycles. The third-order valence-electron chi connectivity index (χ3n) is 3.03. The molecule has 0 saturated heterocycles. The van der Waals surface area contributed by atoms with Gasteiger partial charge in [0.15, 0.2) is 0 Å². The zero-order chi connectivity index (χ0) is 14.4. The zero-order valence-electron chi connectivity index (χ0n) is 11.1. The van der Waals surface area contributed by atoms with Gasteiger partial charge in [-0.2, -0.15) is 0 Å². The van der Waals surface area contributed by atoms with Gasteiger partial charge in [0.05, 0.1) is 6.42 Å². The topological polar surface area (TPSA) is 55.1 Å². The van der Waals surface area contributed by atoms with Gasteiger partial charge in [-0.25, -0.2) is 4.39 Å². The van der Waals surface area contributed by atoms with Crippen molar-refractivity contribution in [2.24, 2.45) is 5.73 Å². The van der Waals surface area contributed by atoms with Crippen molar-refractivity contribution >= 4 is 5.91 Å². The fraction of sp³-hybridized carbons (Fsp3) is 0.188. The second kappa shape index (κ2) is 6.82. The molecule has 0 radical (unpaired) electrons. The van der Waals surface area contributed by atoms with Crippen molar-refractivity contribution in [3.8, 4) is 0 Å². The van der Waals surface area contributed by atoms with E-state index >= 15 is 0 Å². The molecule has 0 heterocycles. The second-order valence-corrected chi connectivity index (χ2v) is 4.60. The van der Waals surface area contributed by atoms with Crippen LogP contribution in [0.1, 0.15) is 16.7 Å². The number of nitrogens with one attached hydrogen (secondary N) is 1. The molecule has 0 atom stereocenters. The fourth-order valence-corrected chi connectivity index (χ4v) is 1.84. The SMILES string of the molecule is NCc1ccc(CC(=O)NCc2ccc(F)cc2)cc1. The highest BCUT2D eigenvalue weighted by Gasteiger charge is 2.03. The first-order valence-corrected chi connectivity index (χ1v) is 6.46. The molecule has 104 valence electrons. The van der Waals surface area contributed by atoms with E-state index in [9.17, 15) is 9.18 Å². The summed E-state index contributed by atoms with van der Waals surface area (Å²) < 4.78 is 12.7. The smallest absolute Gasteiger partial charge is 0.224 e. The standard InChI is InChI=1S/C16H17FN2O/c17-15-7-5-14(6-8-15)11-19-16(20)9-12-1-3-13(10-18)4-2-12/h1-8H,9-11,18H2,(H,19,20). The Bertz CT molecular complexity index is 564. The van der Waals surface area contributed by atoms with Gasteiger partial charge < -0.3 is 11.1 Å². The largest absolute Gasteiger partial charge is 0.352 e. The molecule has 3 nitrogen and oxygen atoms in total. The van der Waals surface area contributed by atoms with E-state index in [0.29, 0.717) is 19.5 Å². The van der Waals surface area contributed by atoms with E-state index in [1.54, 1.807) is 12.1 Å². The summed E-state index contributed by atoms with van der Waals surface area (Å²) in [6.45, 7) is 0.900. The Balaban J connectivity index is 1.84. The van der Waals surface area contributed by atoms with E-state index in [2.05, 4.69) is 5.32 Å². The summed E-state index contributed by atoms with van der Waals surface area (Å²) in [6, 6.07) is 13.7. The number of amides is 1. The number of nitrogens with two attached hydrogens (primary N) is 1. The monoisotopic (exact) mass is 272 g/mol. The van der Waals surface area contributed by atoms with Gasteiger partial charge in [0, 0.05) is 13.1 Å².